The standard InChI is InChI=1S/C44H74BrN3O12S/c1-14-32-44(10,54)36(50)27(6)48(41(61)46-30-17-15-16-29(45)19-30)22-23(2)20-42(8,53)38(60-40-34(49)31(47(11)12)18-24(3)56-40)25(4)35(26(5)39(52)58-32)59-33-21-43(9,55-13)37(51)28(7)57-33/h15-17,19,23-28,31-38,40,49-51,53-54H,14,18,20-22H2,1-13H3,(H,46,61)/t23-,24-,25+,26-,27-,28+,31-,32-,33+,34-,35+,36-,37+,38-,40+,42-,43-,44-/m1/s1. The van der Waals surface area contributed by atoms with Gasteiger partial charge in [0.2, 0.25) is 0 Å². The largest absolute Gasteiger partial charge is 0.459 e. The minimum atomic E-state index is -1.96. The van der Waals surface area contributed by atoms with Crippen LogP contribution in [0.2, 0.25) is 0 Å². The van der Waals surface area contributed by atoms with Crippen LogP contribution in [0, 0.1) is 17.8 Å². The average molecular weight is 949 g/mol. The number of aliphatic hydroxyl groups is 5. The number of rotatable bonds is 8. The van der Waals surface area contributed by atoms with Crippen LogP contribution in [-0.2, 0) is 33.2 Å². The lowest BCUT2D eigenvalue weighted by Gasteiger charge is -2.49. The molecule has 0 bridgehead atoms. The predicted molar refractivity (Wildman–Crippen MR) is 239 cm³/mol. The maximum atomic E-state index is 14.5. The van der Waals surface area contributed by atoms with E-state index in [1.54, 1.807) is 53.4 Å². The van der Waals surface area contributed by atoms with Gasteiger partial charge in [-0.15, -0.1) is 0 Å². The Morgan fingerprint density at radius 3 is 2.26 bits per heavy atom. The van der Waals surface area contributed by atoms with Crippen molar-refractivity contribution >= 4 is 44.9 Å². The van der Waals surface area contributed by atoms with E-state index in [1.807, 2.05) is 57.1 Å². The molecule has 1 aromatic rings. The minimum absolute atomic E-state index is 0.103. The Bertz CT molecular complexity index is 1610. The molecule has 3 aliphatic heterocycles. The van der Waals surface area contributed by atoms with Crippen molar-refractivity contribution in [1.29, 1.82) is 0 Å². The number of nitrogens with zero attached hydrogens (tertiary/aromatic N) is 2. The summed E-state index contributed by atoms with van der Waals surface area (Å²) in [4.78, 5) is 18.2. The zero-order chi connectivity index (χ0) is 45.9. The van der Waals surface area contributed by atoms with Crippen molar-refractivity contribution in [2.75, 3.05) is 33.1 Å². The first kappa shape index (κ1) is 52.0. The highest BCUT2D eigenvalue weighted by atomic mass is 79.9. The van der Waals surface area contributed by atoms with E-state index in [4.69, 9.17) is 40.6 Å². The monoisotopic (exact) mass is 947 g/mol. The summed E-state index contributed by atoms with van der Waals surface area (Å²) in [5, 5.41) is 63.3. The van der Waals surface area contributed by atoms with Gasteiger partial charge in [0.25, 0.3) is 0 Å². The Morgan fingerprint density at radius 2 is 1.67 bits per heavy atom. The van der Waals surface area contributed by atoms with E-state index in [-0.39, 0.29) is 49.0 Å². The Morgan fingerprint density at radius 1 is 1.02 bits per heavy atom. The summed E-state index contributed by atoms with van der Waals surface area (Å²) in [6, 6.07) is 6.33. The van der Waals surface area contributed by atoms with Crippen LogP contribution in [0.5, 0.6) is 0 Å². The first-order chi connectivity index (χ1) is 28.3. The number of likely N-dealkylation sites (N-methyl/N-ethyl adjacent to an activating group) is 1. The van der Waals surface area contributed by atoms with E-state index >= 15 is 0 Å². The van der Waals surface area contributed by atoms with Crippen LogP contribution in [0.4, 0.5) is 5.69 Å². The molecule has 18 atom stereocenters. The van der Waals surface area contributed by atoms with Crippen molar-refractivity contribution in [1.82, 2.24) is 9.80 Å². The first-order valence-electron chi connectivity index (χ1n) is 21.6. The van der Waals surface area contributed by atoms with Gasteiger partial charge in [0.1, 0.15) is 30.0 Å². The number of thiocarbonyl (C=S) groups is 1. The van der Waals surface area contributed by atoms with Gasteiger partial charge < -0.3 is 69.1 Å². The lowest BCUT2D eigenvalue weighted by atomic mass is 9.77. The highest BCUT2D eigenvalue weighted by molar-refractivity contribution is 9.10. The molecule has 0 aromatic heterocycles. The number of methoxy groups -OCH3 is 1. The molecule has 4 rings (SSSR count). The highest BCUT2D eigenvalue weighted by Crippen LogP contribution is 2.40. The van der Waals surface area contributed by atoms with Crippen LogP contribution < -0.4 is 5.32 Å². The molecular formula is C44H74BrN3O12S. The molecule has 3 fully saturated rings. The summed E-state index contributed by atoms with van der Waals surface area (Å²) in [5.41, 5.74) is -3.99. The molecule has 17 heteroatoms. The number of hydrogen-bond acceptors (Lipinski definition) is 14. The smallest absolute Gasteiger partial charge is 0.311 e. The lowest BCUT2D eigenvalue weighted by Crippen LogP contribution is -2.61. The van der Waals surface area contributed by atoms with Crippen LogP contribution in [0.3, 0.4) is 0 Å². The maximum Gasteiger partial charge on any atom is 0.311 e. The molecule has 3 aliphatic rings. The number of cyclic esters (lactones) is 1. The number of ether oxygens (including phenoxy) is 6. The van der Waals surface area contributed by atoms with E-state index in [0.717, 1.165) is 4.47 Å². The molecule has 1 aromatic carbocycles. The normalized spacial score (nSPS) is 43.6. The van der Waals surface area contributed by atoms with Crippen LogP contribution in [0.15, 0.2) is 28.7 Å². The average Bonchev–Trinajstić information content (AvgIpc) is 3.18. The number of carbonyl (C=O) groups is 1. The molecule has 0 amide bonds. The van der Waals surface area contributed by atoms with E-state index in [0.29, 0.717) is 12.1 Å². The fourth-order valence-electron chi connectivity index (χ4n) is 9.54. The molecule has 350 valence electrons. The van der Waals surface area contributed by atoms with Crippen LogP contribution in [0.1, 0.15) is 94.9 Å². The second-order valence-electron chi connectivity index (χ2n) is 18.8. The third-order valence-corrected chi connectivity index (χ3v) is 14.1. The summed E-state index contributed by atoms with van der Waals surface area (Å²) < 4.78 is 38.8. The van der Waals surface area contributed by atoms with Gasteiger partial charge in [-0.2, -0.15) is 0 Å². The predicted octanol–water partition coefficient (Wildman–Crippen LogP) is 4.43. The van der Waals surface area contributed by atoms with Crippen molar-refractivity contribution < 1.29 is 58.7 Å². The summed E-state index contributed by atoms with van der Waals surface area (Å²) in [5.74, 6) is -2.96. The van der Waals surface area contributed by atoms with Gasteiger partial charge in [-0.3, -0.25) is 4.79 Å². The van der Waals surface area contributed by atoms with Crippen molar-refractivity contribution in [2.45, 2.75) is 185 Å². The van der Waals surface area contributed by atoms with E-state index in [9.17, 15) is 30.3 Å². The van der Waals surface area contributed by atoms with Gasteiger partial charge >= 0.3 is 5.97 Å². The van der Waals surface area contributed by atoms with Crippen LogP contribution in [-0.4, -0.2) is 164 Å². The van der Waals surface area contributed by atoms with E-state index in [2.05, 4.69) is 21.2 Å². The van der Waals surface area contributed by atoms with Gasteiger partial charge in [-0.1, -0.05) is 42.8 Å². The number of halogens is 1. The molecule has 3 heterocycles. The SMILES string of the molecule is CC[C@H]1OC(=O)[C@H](C)[C@@H](O[C@H]2C[C@@](C)(OC)[C@@H](O)[C@H](C)O2)[C@H](C)[C@@H](O[C@@H]2O[C@H](C)C[C@@H](N(C)C)[C@H]2O)[C@](C)(O)C[C@@H](C)CN(C(=S)Nc2cccc(Br)c2)[C@H](C)[C@@H](O)[C@]1(C)O. The Labute approximate surface area is 376 Å². The third kappa shape index (κ3) is 12.2. The van der Waals surface area contributed by atoms with E-state index in [1.165, 1.54) is 14.0 Å². The second-order valence-corrected chi connectivity index (χ2v) is 20.1. The molecular weight excluding hydrogens is 874 g/mol. The fraction of sp³-hybridized carbons (Fsp3) is 0.818. The summed E-state index contributed by atoms with van der Waals surface area (Å²) >= 11 is 9.50. The molecule has 61 heavy (non-hydrogen) atoms. The van der Waals surface area contributed by atoms with E-state index < -0.39 is 96.0 Å². The van der Waals surface area contributed by atoms with Crippen molar-refractivity contribution in [2.24, 2.45) is 17.8 Å². The zero-order valence-corrected chi connectivity index (χ0v) is 40.7. The number of hydrogen-bond donors (Lipinski definition) is 6. The van der Waals surface area contributed by atoms with Gasteiger partial charge in [-0.25, -0.2) is 0 Å². The fourth-order valence-corrected chi connectivity index (χ4v) is 10.3. The summed E-state index contributed by atoms with van der Waals surface area (Å²) in [6.45, 7) is 17.6. The molecule has 0 aliphatic carbocycles. The summed E-state index contributed by atoms with van der Waals surface area (Å²) in [6.07, 6.45) is -9.15. The van der Waals surface area contributed by atoms with Crippen molar-refractivity contribution in [3.8, 4) is 0 Å². The number of nitrogens with one attached hydrogen (secondary N) is 1. The topological polar surface area (TPSA) is 192 Å². The van der Waals surface area contributed by atoms with Gasteiger partial charge in [0, 0.05) is 42.2 Å². The Hall–Kier alpha value is -1.58. The minimum Gasteiger partial charge on any atom is -0.459 e. The highest BCUT2D eigenvalue weighted by Gasteiger charge is 2.53. The number of aliphatic hydroxyl groups excluding tert-OH is 3. The molecule has 0 saturated carbocycles. The van der Waals surface area contributed by atoms with Gasteiger partial charge in [0.15, 0.2) is 17.7 Å². The Balaban J connectivity index is 1.86. The number of benzene rings is 1. The number of esters is 1. The molecule has 0 spiro atoms. The van der Waals surface area contributed by atoms with Crippen molar-refractivity contribution in [3.05, 3.63) is 28.7 Å². The van der Waals surface area contributed by atoms with Gasteiger partial charge in [0.05, 0.1) is 47.6 Å². The van der Waals surface area contributed by atoms with Crippen molar-refractivity contribution in [3.63, 3.8) is 0 Å². The molecule has 3 saturated heterocycles. The van der Waals surface area contributed by atoms with Crippen LogP contribution in [0.25, 0.3) is 0 Å². The second kappa shape index (κ2) is 21.2. The first-order valence-corrected chi connectivity index (χ1v) is 22.8. The molecule has 6 N–H and O–H groups in total. The molecule has 15 nitrogen and oxygen atoms in total. The molecule has 0 radical (unpaired) electrons. The lowest BCUT2D eigenvalue weighted by molar-refractivity contribution is -0.318. The van der Waals surface area contributed by atoms with Gasteiger partial charge in [-0.05, 0) is 118 Å². The molecule has 0 unspecified atom stereocenters. The summed E-state index contributed by atoms with van der Waals surface area (Å²) in [7, 11) is 5.25. The third-order valence-electron chi connectivity index (χ3n) is 13.2. The van der Waals surface area contributed by atoms with Crippen LogP contribution >= 0.6 is 28.1 Å². The number of carbonyl (C=O) groups excluding carboxylic acids is 1. The number of anilines is 1. The Kier molecular flexibility index (Phi) is 18.1. The zero-order valence-electron chi connectivity index (χ0n) is 38.3. The maximum absolute atomic E-state index is 14.5. The quantitative estimate of drug-likeness (QED) is 0.158.